The van der Waals surface area contributed by atoms with Crippen LogP contribution >= 0.6 is 23.4 Å². The minimum atomic E-state index is -0.746. The van der Waals surface area contributed by atoms with Crippen molar-refractivity contribution in [3.05, 3.63) is 12.7 Å². The van der Waals surface area contributed by atoms with Crippen LogP contribution in [0.2, 0.25) is 0 Å². The molecule has 0 bridgehead atoms. The minimum Gasteiger partial charge on any atom is -0.391 e. The monoisotopic (exact) mass is 236 g/mol. The molecule has 0 fully saturated rings. The molecule has 2 nitrogen and oxygen atoms in total. The number of thioether (sulfide) groups is 1. The van der Waals surface area contributed by atoms with Gasteiger partial charge in [0.2, 0.25) is 0 Å². The summed E-state index contributed by atoms with van der Waals surface area (Å²) in [7, 11) is 0. The van der Waals surface area contributed by atoms with Crippen LogP contribution in [-0.2, 0) is 4.79 Å². The molecule has 0 rings (SSSR count). The summed E-state index contributed by atoms with van der Waals surface area (Å²) < 4.78 is 0. The largest absolute Gasteiger partial charge is 0.391 e. The molecular formula is C10H17ClO2S. The topological polar surface area (TPSA) is 37.3 Å². The van der Waals surface area contributed by atoms with Gasteiger partial charge in [0.25, 0.3) is 0 Å². The van der Waals surface area contributed by atoms with Gasteiger partial charge in [0.05, 0.1) is 11.5 Å². The van der Waals surface area contributed by atoms with Crippen LogP contribution in [0.25, 0.3) is 0 Å². The average Bonchev–Trinajstić information content (AvgIpc) is 2.15. The van der Waals surface area contributed by atoms with Crippen LogP contribution < -0.4 is 0 Å². The molecule has 82 valence electrons. The lowest BCUT2D eigenvalue weighted by atomic mass is 10.1. The van der Waals surface area contributed by atoms with Crippen molar-refractivity contribution < 1.29 is 9.90 Å². The van der Waals surface area contributed by atoms with Crippen LogP contribution in [-0.4, -0.2) is 34.4 Å². The Kier molecular flexibility index (Phi) is 8.34. The van der Waals surface area contributed by atoms with E-state index in [1.165, 1.54) is 0 Å². The fourth-order valence-corrected chi connectivity index (χ4v) is 1.64. The van der Waals surface area contributed by atoms with E-state index in [0.717, 1.165) is 5.75 Å². The second-order valence-corrected chi connectivity index (χ2v) is 4.64. The highest BCUT2D eigenvalue weighted by molar-refractivity contribution is 7.98. The Bertz CT molecular complexity index is 185. The number of allylic oxidation sites excluding steroid dienone is 1. The summed E-state index contributed by atoms with van der Waals surface area (Å²) in [5.74, 6) is 0.876. The summed E-state index contributed by atoms with van der Waals surface area (Å²) >= 11 is 7.45. The third kappa shape index (κ3) is 6.46. The van der Waals surface area contributed by atoms with E-state index in [0.29, 0.717) is 12.8 Å². The van der Waals surface area contributed by atoms with E-state index < -0.39 is 11.5 Å². The molecule has 0 saturated carbocycles. The Morgan fingerprint density at radius 3 is 2.86 bits per heavy atom. The highest BCUT2D eigenvalue weighted by atomic mass is 35.5. The van der Waals surface area contributed by atoms with Gasteiger partial charge in [0.1, 0.15) is 5.78 Å². The van der Waals surface area contributed by atoms with Crippen molar-refractivity contribution in [1.82, 2.24) is 0 Å². The number of hydrogen-bond acceptors (Lipinski definition) is 3. The molecule has 0 aromatic rings. The van der Waals surface area contributed by atoms with E-state index in [2.05, 4.69) is 6.58 Å². The lowest BCUT2D eigenvalue weighted by molar-refractivity contribution is -0.120. The number of hydrogen-bond donors (Lipinski definition) is 1. The molecule has 0 aliphatic rings. The van der Waals surface area contributed by atoms with Crippen molar-refractivity contribution in [3.63, 3.8) is 0 Å². The van der Waals surface area contributed by atoms with E-state index in [1.807, 2.05) is 6.26 Å². The standard InChI is InChI=1S/C10H17ClO2S/c1-3-4-9(11)10(13)7-8(12)5-6-14-2/h3,9-10,13H,1,4-7H2,2H3. The zero-order valence-corrected chi connectivity index (χ0v) is 9.98. The second-order valence-electron chi connectivity index (χ2n) is 3.09. The maximum atomic E-state index is 11.3. The highest BCUT2D eigenvalue weighted by Gasteiger charge is 2.18. The lowest BCUT2D eigenvalue weighted by Gasteiger charge is -2.14. The SMILES string of the molecule is C=CCC(Cl)C(O)CC(=O)CCSC. The molecule has 0 heterocycles. The van der Waals surface area contributed by atoms with E-state index >= 15 is 0 Å². The van der Waals surface area contributed by atoms with Crippen LogP contribution in [0.1, 0.15) is 19.3 Å². The van der Waals surface area contributed by atoms with Crippen molar-refractivity contribution in [3.8, 4) is 0 Å². The van der Waals surface area contributed by atoms with Crippen LogP contribution in [0.4, 0.5) is 0 Å². The second kappa shape index (κ2) is 8.33. The summed E-state index contributed by atoms with van der Waals surface area (Å²) in [6, 6.07) is 0. The van der Waals surface area contributed by atoms with Crippen molar-refractivity contribution in [2.45, 2.75) is 30.7 Å². The number of carbonyl (C=O) groups excluding carboxylic acids is 1. The van der Waals surface area contributed by atoms with Gasteiger partial charge < -0.3 is 5.11 Å². The van der Waals surface area contributed by atoms with Gasteiger partial charge in [-0.25, -0.2) is 0 Å². The predicted octanol–water partition coefficient (Wildman–Crippen LogP) is 2.24. The van der Waals surface area contributed by atoms with Crippen LogP contribution in [0.3, 0.4) is 0 Å². The Morgan fingerprint density at radius 1 is 1.71 bits per heavy atom. The van der Waals surface area contributed by atoms with Crippen LogP contribution in [0, 0.1) is 0 Å². The zero-order valence-electron chi connectivity index (χ0n) is 8.41. The van der Waals surface area contributed by atoms with Gasteiger partial charge >= 0.3 is 0 Å². The number of alkyl halides is 1. The van der Waals surface area contributed by atoms with Gasteiger partial charge in [-0.3, -0.25) is 4.79 Å². The first kappa shape index (κ1) is 14.0. The number of halogens is 1. The average molecular weight is 237 g/mol. The molecule has 0 spiro atoms. The zero-order chi connectivity index (χ0) is 11.0. The number of ketones is 1. The Morgan fingerprint density at radius 2 is 2.36 bits per heavy atom. The van der Waals surface area contributed by atoms with Gasteiger partial charge in [-0.15, -0.1) is 18.2 Å². The number of carbonyl (C=O) groups is 1. The van der Waals surface area contributed by atoms with Gasteiger partial charge in [-0.1, -0.05) is 6.08 Å². The first-order valence-corrected chi connectivity index (χ1v) is 6.38. The minimum absolute atomic E-state index is 0.0709. The summed E-state index contributed by atoms with van der Waals surface area (Å²) in [5.41, 5.74) is 0. The molecule has 0 aromatic carbocycles. The number of rotatable bonds is 8. The molecule has 0 amide bonds. The summed E-state index contributed by atoms with van der Waals surface area (Å²) in [5, 5.41) is 9.11. The van der Waals surface area contributed by atoms with E-state index in [1.54, 1.807) is 17.8 Å². The number of aliphatic hydroxyl groups excluding tert-OH is 1. The van der Waals surface area contributed by atoms with Crippen molar-refractivity contribution in [2.75, 3.05) is 12.0 Å². The van der Waals surface area contributed by atoms with E-state index in [-0.39, 0.29) is 12.2 Å². The van der Waals surface area contributed by atoms with Gasteiger partial charge in [-0.2, -0.15) is 11.8 Å². The Hall–Kier alpha value is 0.01000. The summed E-state index contributed by atoms with van der Waals surface area (Å²) in [4.78, 5) is 11.3. The van der Waals surface area contributed by atoms with E-state index in [4.69, 9.17) is 11.6 Å². The quantitative estimate of drug-likeness (QED) is 0.519. The van der Waals surface area contributed by atoms with Crippen LogP contribution in [0.5, 0.6) is 0 Å². The molecule has 1 N–H and O–H groups in total. The normalized spacial score (nSPS) is 14.8. The highest BCUT2D eigenvalue weighted by Crippen LogP contribution is 2.13. The molecule has 0 aliphatic carbocycles. The molecule has 4 heteroatoms. The van der Waals surface area contributed by atoms with Crippen molar-refractivity contribution in [1.29, 1.82) is 0 Å². The molecular weight excluding hydrogens is 220 g/mol. The fraction of sp³-hybridized carbons (Fsp3) is 0.700. The lowest BCUT2D eigenvalue weighted by Crippen LogP contribution is -2.23. The molecule has 2 atom stereocenters. The maximum Gasteiger partial charge on any atom is 0.136 e. The Labute approximate surface area is 94.7 Å². The third-order valence-electron chi connectivity index (χ3n) is 1.83. The molecule has 0 aliphatic heterocycles. The van der Waals surface area contributed by atoms with E-state index in [9.17, 15) is 9.90 Å². The van der Waals surface area contributed by atoms with Gasteiger partial charge in [0, 0.05) is 12.8 Å². The number of aliphatic hydroxyl groups is 1. The molecule has 2 unspecified atom stereocenters. The van der Waals surface area contributed by atoms with Gasteiger partial charge in [0.15, 0.2) is 0 Å². The molecule has 0 saturated heterocycles. The van der Waals surface area contributed by atoms with Crippen LogP contribution in [0.15, 0.2) is 12.7 Å². The third-order valence-corrected chi connectivity index (χ3v) is 2.91. The first-order valence-electron chi connectivity index (χ1n) is 4.55. The van der Waals surface area contributed by atoms with Gasteiger partial charge in [-0.05, 0) is 18.4 Å². The molecule has 0 aromatic heterocycles. The maximum absolute atomic E-state index is 11.3. The predicted molar refractivity (Wildman–Crippen MR) is 63.1 cm³/mol. The number of Topliss-reactive ketones (excluding diaryl/α,β-unsaturated/α-hetero) is 1. The van der Waals surface area contributed by atoms with Crippen molar-refractivity contribution >= 4 is 29.1 Å². The van der Waals surface area contributed by atoms with Crippen molar-refractivity contribution in [2.24, 2.45) is 0 Å². The first-order chi connectivity index (χ1) is 6.61. The molecule has 0 radical (unpaired) electrons. The summed E-state index contributed by atoms with van der Waals surface area (Å²) in [6.07, 6.45) is 4.04. The molecule has 14 heavy (non-hydrogen) atoms. The summed E-state index contributed by atoms with van der Waals surface area (Å²) in [6.45, 7) is 3.53. The fourth-order valence-electron chi connectivity index (χ4n) is 0.995. The smallest absolute Gasteiger partial charge is 0.136 e. The Balaban J connectivity index is 3.74.